The third-order valence-corrected chi connectivity index (χ3v) is 2.43. The van der Waals surface area contributed by atoms with E-state index in [-0.39, 0.29) is 5.92 Å². The van der Waals surface area contributed by atoms with Gasteiger partial charge in [0.25, 0.3) is 0 Å². The summed E-state index contributed by atoms with van der Waals surface area (Å²) in [6, 6.07) is 3.51. The molecule has 0 saturated heterocycles. The molecular formula is C10H13ClO. The lowest BCUT2D eigenvalue weighted by Gasteiger charge is -2.11. The van der Waals surface area contributed by atoms with Crippen LogP contribution in [0.1, 0.15) is 30.9 Å². The van der Waals surface area contributed by atoms with Crippen LogP contribution in [-0.4, -0.2) is 5.11 Å². The van der Waals surface area contributed by atoms with Crippen molar-refractivity contribution in [1.82, 2.24) is 0 Å². The van der Waals surface area contributed by atoms with Crippen molar-refractivity contribution in [3.8, 4) is 5.75 Å². The Kier molecular flexibility index (Phi) is 2.63. The van der Waals surface area contributed by atoms with Crippen LogP contribution in [-0.2, 0) is 0 Å². The molecule has 0 fully saturated rings. The van der Waals surface area contributed by atoms with Gasteiger partial charge in [-0.3, -0.25) is 0 Å². The van der Waals surface area contributed by atoms with Crippen LogP contribution in [0.25, 0.3) is 0 Å². The maximum absolute atomic E-state index is 9.50. The van der Waals surface area contributed by atoms with Crippen molar-refractivity contribution in [2.75, 3.05) is 0 Å². The highest BCUT2D eigenvalue weighted by molar-refractivity contribution is 6.32. The van der Waals surface area contributed by atoms with Crippen molar-refractivity contribution in [2.45, 2.75) is 26.7 Å². The van der Waals surface area contributed by atoms with Gasteiger partial charge in [-0.15, -0.1) is 0 Å². The van der Waals surface area contributed by atoms with Gasteiger partial charge < -0.3 is 5.11 Å². The largest absolute Gasteiger partial charge is 0.508 e. The van der Waals surface area contributed by atoms with E-state index in [1.165, 1.54) is 0 Å². The molecule has 0 amide bonds. The molecule has 0 saturated carbocycles. The minimum atomic E-state index is 0.261. The second kappa shape index (κ2) is 3.36. The summed E-state index contributed by atoms with van der Waals surface area (Å²) < 4.78 is 0. The smallest absolute Gasteiger partial charge is 0.120 e. The van der Waals surface area contributed by atoms with E-state index in [4.69, 9.17) is 11.6 Å². The molecular weight excluding hydrogens is 172 g/mol. The zero-order valence-electron chi connectivity index (χ0n) is 7.56. The minimum Gasteiger partial charge on any atom is -0.508 e. The van der Waals surface area contributed by atoms with Crippen molar-refractivity contribution >= 4 is 11.6 Å². The van der Waals surface area contributed by atoms with Gasteiger partial charge in [0, 0.05) is 5.56 Å². The molecule has 1 nitrogen and oxygen atoms in total. The van der Waals surface area contributed by atoms with Gasteiger partial charge in [-0.2, -0.15) is 0 Å². The molecule has 0 spiro atoms. The molecule has 0 atom stereocenters. The quantitative estimate of drug-likeness (QED) is 0.709. The number of hydrogen-bond acceptors (Lipinski definition) is 1. The Morgan fingerprint density at radius 1 is 1.33 bits per heavy atom. The number of aromatic hydroxyl groups is 1. The van der Waals surface area contributed by atoms with E-state index in [0.717, 1.165) is 11.1 Å². The Balaban J connectivity index is 3.33. The molecule has 1 N–H and O–H groups in total. The number of benzene rings is 1. The lowest BCUT2D eigenvalue weighted by molar-refractivity contribution is 0.465. The molecule has 1 aromatic rings. The van der Waals surface area contributed by atoms with Gasteiger partial charge in [-0.1, -0.05) is 31.5 Å². The molecule has 1 aromatic carbocycles. The molecule has 0 aliphatic rings. The first-order chi connectivity index (χ1) is 5.54. The molecule has 1 rings (SSSR count). The number of halogens is 1. The van der Waals surface area contributed by atoms with Crippen LogP contribution < -0.4 is 0 Å². The Bertz CT molecular complexity index is 292. The average molecular weight is 185 g/mol. The van der Waals surface area contributed by atoms with Crippen molar-refractivity contribution < 1.29 is 5.11 Å². The molecule has 0 aliphatic carbocycles. The molecule has 0 unspecified atom stereocenters. The van der Waals surface area contributed by atoms with Crippen LogP contribution in [0.2, 0.25) is 5.02 Å². The van der Waals surface area contributed by atoms with Crippen LogP contribution in [0.5, 0.6) is 5.75 Å². The summed E-state index contributed by atoms with van der Waals surface area (Å²) >= 11 is 6.03. The van der Waals surface area contributed by atoms with Gasteiger partial charge >= 0.3 is 0 Å². The van der Waals surface area contributed by atoms with E-state index in [9.17, 15) is 5.11 Å². The third-order valence-electron chi connectivity index (χ3n) is 1.93. The van der Waals surface area contributed by atoms with Crippen molar-refractivity contribution in [1.29, 1.82) is 0 Å². The predicted octanol–water partition coefficient (Wildman–Crippen LogP) is 3.48. The molecule has 66 valence electrons. The first kappa shape index (κ1) is 9.40. The summed E-state index contributed by atoms with van der Waals surface area (Å²) in [5.41, 5.74) is 1.86. The van der Waals surface area contributed by atoms with E-state index in [0.29, 0.717) is 10.8 Å². The molecule has 0 bridgehead atoms. The van der Waals surface area contributed by atoms with Gasteiger partial charge in [0.05, 0.1) is 5.02 Å². The lowest BCUT2D eigenvalue weighted by atomic mass is 10.00. The van der Waals surface area contributed by atoms with Crippen molar-refractivity contribution in [3.05, 3.63) is 28.3 Å². The minimum absolute atomic E-state index is 0.261. The maximum atomic E-state index is 9.50. The average Bonchev–Trinajstić information content (AvgIpc) is 1.97. The summed E-state index contributed by atoms with van der Waals surface area (Å²) in [6.45, 7) is 5.97. The SMILES string of the molecule is Cc1ccc(O)c(C(C)C)c1Cl. The van der Waals surface area contributed by atoms with E-state index in [1.54, 1.807) is 6.07 Å². The first-order valence-corrected chi connectivity index (χ1v) is 4.39. The van der Waals surface area contributed by atoms with E-state index in [1.807, 2.05) is 26.8 Å². The number of phenolic OH excluding ortho intramolecular Hbond substituents is 1. The van der Waals surface area contributed by atoms with Crippen LogP contribution in [0.4, 0.5) is 0 Å². The van der Waals surface area contributed by atoms with Crippen LogP contribution >= 0.6 is 11.6 Å². The predicted molar refractivity (Wildman–Crippen MR) is 51.9 cm³/mol. The van der Waals surface area contributed by atoms with Crippen molar-refractivity contribution in [3.63, 3.8) is 0 Å². The summed E-state index contributed by atoms with van der Waals surface area (Å²) in [7, 11) is 0. The van der Waals surface area contributed by atoms with E-state index >= 15 is 0 Å². The number of rotatable bonds is 1. The first-order valence-electron chi connectivity index (χ1n) is 4.02. The molecule has 0 aliphatic heterocycles. The van der Waals surface area contributed by atoms with Crippen LogP contribution in [0.3, 0.4) is 0 Å². The highest BCUT2D eigenvalue weighted by Gasteiger charge is 2.11. The Labute approximate surface area is 78.0 Å². The highest BCUT2D eigenvalue weighted by atomic mass is 35.5. The topological polar surface area (TPSA) is 20.2 Å². The fourth-order valence-corrected chi connectivity index (χ4v) is 1.62. The van der Waals surface area contributed by atoms with Gasteiger partial charge in [0.15, 0.2) is 0 Å². The zero-order valence-corrected chi connectivity index (χ0v) is 8.31. The van der Waals surface area contributed by atoms with Crippen LogP contribution in [0.15, 0.2) is 12.1 Å². The highest BCUT2D eigenvalue weighted by Crippen LogP contribution is 2.34. The summed E-state index contributed by atoms with van der Waals surface area (Å²) in [5, 5.41) is 10.2. The molecule has 2 heteroatoms. The lowest BCUT2D eigenvalue weighted by Crippen LogP contribution is -1.91. The van der Waals surface area contributed by atoms with Crippen LogP contribution in [0, 0.1) is 6.92 Å². The normalized spacial score (nSPS) is 10.8. The standard InChI is InChI=1S/C10H13ClO/c1-6(2)9-8(12)5-4-7(3)10(9)11/h4-6,12H,1-3H3. The Morgan fingerprint density at radius 2 is 1.92 bits per heavy atom. The molecule has 12 heavy (non-hydrogen) atoms. The molecule has 0 aromatic heterocycles. The fourth-order valence-electron chi connectivity index (χ4n) is 1.24. The molecule has 0 radical (unpaired) electrons. The van der Waals surface area contributed by atoms with E-state index in [2.05, 4.69) is 0 Å². The molecule has 0 heterocycles. The summed E-state index contributed by atoms with van der Waals surface area (Å²) in [6.07, 6.45) is 0. The number of hydrogen-bond donors (Lipinski definition) is 1. The van der Waals surface area contributed by atoms with Gasteiger partial charge in [0.1, 0.15) is 5.75 Å². The number of phenols is 1. The maximum Gasteiger partial charge on any atom is 0.120 e. The second-order valence-electron chi connectivity index (χ2n) is 3.28. The monoisotopic (exact) mass is 184 g/mol. The van der Waals surface area contributed by atoms with E-state index < -0.39 is 0 Å². The van der Waals surface area contributed by atoms with Crippen molar-refractivity contribution in [2.24, 2.45) is 0 Å². The summed E-state index contributed by atoms with van der Waals surface area (Å²) in [5.74, 6) is 0.554. The second-order valence-corrected chi connectivity index (χ2v) is 3.66. The number of aryl methyl sites for hydroxylation is 1. The Morgan fingerprint density at radius 3 is 2.33 bits per heavy atom. The van der Waals surface area contributed by atoms with Gasteiger partial charge in [0.2, 0.25) is 0 Å². The van der Waals surface area contributed by atoms with Gasteiger partial charge in [-0.05, 0) is 24.5 Å². The fraction of sp³-hybridized carbons (Fsp3) is 0.400. The summed E-state index contributed by atoms with van der Waals surface area (Å²) in [4.78, 5) is 0. The zero-order chi connectivity index (χ0) is 9.30. The van der Waals surface area contributed by atoms with Gasteiger partial charge in [-0.25, -0.2) is 0 Å². The Hall–Kier alpha value is -0.690. The third kappa shape index (κ3) is 1.56.